The number of likely N-dealkylation sites (N-methyl/N-ethyl adjacent to an activating group) is 1. The van der Waals surface area contributed by atoms with Crippen LogP contribution in [0.5, 0.6) is 0 Å². The Labute approximate surface area is 152 Å². The molecular weight excluding hydrogens is 332 g/mol. The van der Waals surface area contributed by atoms with Gasteiger partial charge in [0.05, 0.1) is 18.7 Å². The molecule has 0 saturated carbocycles. The Bertz CT molecular complexity index is 752. The number of carbonyl (C=O) groups excluding carboxylic acids is 1. The summed E-state index contributed by atoms with van der Waals surface area (Å²) < 4.78 is 0. The lowest BCUT2D eigenvalue weighted by atomic mass is 10.0. The lowest BCUT2D eigenvalue weighted by Crippen LogP contribution is -2.46. The highest BCUT2D eigenvalue weighted by Gasteiger charge is 2.39. The van der Waals surface area contributed by atoms with Crippen molar-refractivity contribution in [3.05, 3.63) is 42.2 Å². The first-order valence-electron chi connectivity index (χ1n) is 8.70. The lowest BCUT2D eigenvalue weighted by molar-refractivity contribution is 0.0263. The highest BCUT2D eigenvalue weighted by molar-refractivity contribution is 5.93. The Hall–Kier alpha value is -2.61. The van der Waals surface area contributed by atoms with Gasteiger partial charge in [0.15, 0.2) is 0 Å². The summed E-state index contributed by atoms with van der Waals surface area (Å²) in [6, 6.07) is 1.75. The third-order valence-corrected chi connectivity index (χ3v) is 4.48. The number of hydrogen-bond donors (Lipinski definition) is 1. The van der Waals surface area contributed by atoms with Crippen molar-refractivity contribution in [3.8, 4) is 0 Å². The molecule has 8 nitrogen and oxygen atoms in total. The van der Waals surface area contributed by atoms with Gasteiger partial charge in [-0.3, -0.25) is 4.79 Å². The van der Waals surface area contributed by atoms with Crippen molar-refractivity contribution < 1.29 is 9.90 Å². The molecule has 1 fully saturated rings. The molecule has 0 unspecified atom stereocenters. The van der Waals surface area contributed by atoms with Gasteiger partial charge >= 0.3 is 0 Å². The van der Waals surface area contributed by atoms with E-state index in [2.05, 4.69) is 19.9 Å². The van der Waals surface area contributed by atoms with E-state index in [-0.39, 0.29) is 18.4 Å². The van der Waals surface area contributed by atoms with Crippen LogP contribution in [0.25, 0.3) is 0 Å². The Kier molecular flexibility index (Phi) is 5.13. The van der Waals surface area contributed by atoms with Gasteiger partial charge in [-0.25, -0.2) is 19.9 Å². The van der Waals surface area contributed by atoms with E-state index in [1.807, 2.05) is 18.7 Å². The molecule has 1 N–H and O–H groups in total. The second kappa shape index (κ2) is 7.33. The van der Waals surface area contributed by atoms with Crippen LogP contribution < -0.4 is 4.90 Å². The minimum atomic E-state index is -0.998. The van der Waals surface area contributed by atoms with Gasteiger partial charge < -0.3 is 14.9 Å². The summed E-state index contributed by atoms with van der Waals surface area (Å²) in [5.41, 5.74) is -0.579. The van der Waals surface area contributed by atoms with E-state index in [9.17, 15) is 9.90 Å². The second-order valence-electron chi connectivity index (χ2n) is 7.09. The molecular formula is C18H24N6O2. The zero-order chi connectivity index (χ0) is 18.7. The van der Waals surface area contributed by atoms with Gasteiger partial charge in [-0.15, -0.1) is 0 Å². The number of carbonyl (C=O) groups is 1. The van der Waals surface area contributed by atoms with E-state index < -0.39 is 5.60 Å². The Balaban J connectivity index is 1.63. The van der Waals surface area contributed by atoms with Crippen molar-refractivity contribution in [1.82, 2.24) is 24.8 Å². The maximum atomic E-state index is 12.6. The number of aromatic nitrogens is 4. The van der Waals surface area contributed by atoms with Gasteiger partial charge in [0.2, 0.25) is 5.95 Å². The Morgan fingerprint density at radius 2 is 1.92 bits per heavy atom. The van der Waals surface area contributed by atoms with Crippen LogP contribution >= 0.6 is 0 Å². The topological polar surface area (TPSA) is 95.3 Å². The third-order valence-electron chi connectivity index (χ3n) is 4.48. The molecule has 0 spiro atoms. The molecule has 3 heterocycles. The van der Waals surface area contributed by atoms with Crippen molar-refractivity contribution in [2.24, 2.45) is 0 Å². The minimum absolute atomic E-state index is 0.205. The number of hydrogen-bond acceptors (Lipinski definition) is 7. The maximum Gasteiger partial charge on any atom is 0.256 e. The number of nitrogens with zero attached hydrogens (tertiary/aromatic N) is 6. The van der Waals surface area contributed by atoms with E-state index in [4.69, 9.17) is 0 Å². The van der Waals surface area contributed by atoms with Crippen LogP contribution in [-0.4, -0.2) is 68.1 Å². The van der Waals surface area contributed by atoms with Crippen LogP contribution in [0.4, 0.5) is 5.95 Å². The quantitative estimate of drug-likeness (QED) is 0.857. The number of amides is 1. The highest BCUT2D eigenvalue weighted by Crippen LogP contribution is 2.25. The highest BCUT2D eigenvalue weighted by atomic mass is 16.3. The first kappa shape index (κ1) is 18.2. The molecule has 1 amide bonds. The van der Waals surface area contributed by atoms with Gasteiger partial charge in [-0.05, 0) is 12.5 Å². The first-order chi connectivity index (χ1) is 12.4. The molecule has 0 aromatic carbocycles. The summed E-state index contributed by atoms with van der Waals surface area (Å²) in [6.07, 6.45) is 6.99. The molecule has 138 valence electrons. The summed E-state index contributed by atoms with van der Waals surface area (Å²) in [7, 11) is 1.68. The van der Waals surface area contributed by atoms with E-state index in [0.717, 1.165) is 0 Å². The number of β-amino-alcohol motifs (C(OH)–C–C–N with tert-alkyl or cyclic N) is 1. The molecule has 1 saturated heterocycles. The zero-order valence-corrected chi connectivity index (χ0v) is 15.3. The summed E-state index contributed by atoms with van der Waals surface area (Å²) in [6.45, 7) is 5.26. The fraction of sp³-hybridized carbons (Fsp3) is 0.500. The molecule has 8 heteroatoms. The average molecular weight is 356 g/mol. The van der Waals surface area contributed by atoms with Crippen molar-refractivity contribution in [1.29, 1.82) is 0 Å². The summed E-state index contributed by atoms with van der Waals surface area (Å²) in [4.78, 5) is 33.0. The zero-order valence-electron chi connectivity index (χ0n) is 15.3. The van der Waals surface area contributed by atoms with Gasteiger partial charge in [-0.2, -0.15) is 0 Å². The molecule has 1 aliphatic heterocycles. The first-order valence-corrected chi connectivity index (χ1v) is 8.70. The van der Waals surface area contributed by atoms with Crippen LogP contribution in [0, 0.1) is 0 Å². The van der Waals surface area contributed by atoms with Crippen molar-refractivity contribution in [2.75, 3.05) is 31.6 Å². The van der Waals surface area contributed by atoms with Crippen LogP contribution in [0.1, 0.15) is 42.4 Å². The minimum Gasteiger partial charge on any atom is -0.386 e. The summed E-state index contributed by atoms with van der Waals surface area (Å²) in [5, 5.41) is 10.9. The largest absolute Gasteiger partial charge is 0.386 e. The lowest BCUT2D eigenvalue weighted by Gasteiger charge is -2.29. The molecule has 3 rings (SSSR count). The standard InChI is InChI=1S/C18H24N6O2/c1-13(2)15-21-9-14(10-22-15)16(25)23(3)11-18(26)5-8-24(12-18)17-19-6-4-7-20-17/h4,6-7,9-10,13,26H,5,8,11-12H2,1-3H3/t18-/m1/s1. The van der Waals surface area contributed by atoms with Crippen LogP contribution in [-0.2, 0) is 0 Å². The molecule has 0 aliphatic carbocycles. The number of aliphatic hydroxyl groups is 1. The van der Waals surface area contributed by atoms with Crippen molar-refractivity contribution in [3.63, 3.8) is 0 Å². The molecule has 2 aromatic rings. The van der Waals surface area contributed by atoms with E-state index >= 15 is 0 Å². The molecule has 2 aromatic heterocycles. The predicted octanol–water partition coefficient (Wildman–Crippen LogP) is 1.10. The Morgan fingerprint density at radius 1 is 1.27 bits per heavy atom. The third kappa shape index (κ3) is 3.96. The van der Waals surface area contributed by atoms with Gasteiger partial charge in [-0.1, -0.05) is 13.8 Å². The number of anilines is 1. The predicted molar refractivity (Wildman–Crippen MR) is 96.9 cm³/mol. The van der Waals surface area contributed by atoms with Gasteiger partial charge in [0.1, 0.15) is 11.4 Å². The Morgan fingerprint density at radius 3 is 2.54 bits per heavy atom. The smallest absolute Gasteiger partial charge is 0.256 e. The molecule has 0 bridgehead atoms. The van der Waals surface area contributed by atoms with E-state index in [0.29, 0.717) is 36.8 Å². The van der Waals surface area contributed by atoms with Crippen LogP contribution in [0.15, 0.2) is 30.9 Å². The second-order valence-corrected chi connectivity index (χ2v) is 7.09. The maximum absolute atomic E-state index is 12.6. The van der Waals surface area contributed by atoms with Crippen LogP contribution in [0.2, 0.25) is 0 Å². The normalized spacial score (nSPS) is 19.8. The van der Waals surface area contributed by atoms with Gasteiger partial charge in [0, 0.05) is 44.3 Å². The molecule has 1 atom stereocenters. The van der Waals surface area contributed by atoms with Crippen molar-refractivity contribution >= 4 is 11.9 Å². The van der Waals surface area contributed by atoms with Gasteiger partial charge in [0.25, 0.3) is 5.91 Å². The fourth-order valence-corrected chi connectivity index (χ4v) is 3.09. The monoisotopic (exact) mass is 356 g/mol. The summed E-state index contributed by atoms with van der Waals surface area (Å²) >= 11 is 0. The molecule has 0 radical (unpaired) electrons. The number of rotatable bonds is 5. The average Bonchev–Trinajstić information content (AvgIpc) is 3.03. The summed E-state index contributed by atoms with van der Waals surface area (Å²) in [5.74, 6) is 1.30. The SMILES string of the molecule is CC(C)c1ncc(C(=O)N(C)C[C@]2(O)CCN(c3ncccn3)C2)cn1. The molecule has 1 aliphatic rings. The fourth-order valence-electron chi connectivity index (χ4n) is 3.09. The molecule has 26 heavy (non-hydrogen) atoms. The van der Waals surface area contributed by atoms with Crippen LogP contribution in [0.3, 0.4) is 0 Å². The van der Waals surface area contributed by atoms with E-state index in [1.54, 1.807) is 37.9 Å². The van der Waals surface area contributed by atoms with Crippen molar-refractivity contribution in [2.45, 2.75) is 31.8 Å². The van der Waals surface area contributed by atoms with E-state index in [1.165, 1.54) is 4.90 Å².